The Bertz CT molecular complexity index is 450. The van der Waals surface area contributed by atoms with Gasteiger partial charge in [0.05, 0.1) is 5.69 Å². The molecule has 2 N–H and O–H groups in total. The van der Waals surface area contributed by atoms with Gasteiger partial charge in [0.25, 0.3) is 5.91 Å². The third-order valence-electron chi connectivity index (χ3n) is 4.02. The van der Waals surface area contributed by atoms with Gasteiger partial charge in [-0.25, -0.2) is 0 Å². The Kier molecular flexibility index (Phi) is 4.14. The maximum atomic E-state index is 12.5. The number of likely N-dealkylation sites (tertiary alicyclic amines) is 1. The number of anilines is 1. The predicted molar refractivity (Wildman–Crippen MR) is 77.1 cm³/mol. The Morgan fingerprint density at radius 1 is 1.47 bits per heavy atom. The lowest BCUT2D eigenvalue weighted by atomic mass is 10.2. The van der Waals surface area contributed by atoms with Crippen LogP contribution in [-0.4, -0.2) is 52.5 Å². The Balaban J connectivity index is 2.04. The van der Waals surface area contributed by atoms with Crippen molar-refractivity contribution in [3.05, 3.63) is 18.0 Å². The van der Waals surface area contributed by atoms with Crippen LogP contribution >= 0.6 is 0 Å². The molecule has 0 aromatic carbocycles. The van der Waals surface area contributed by atoms with Crippen LogP contribution in [0.25, 0.3) is 0 Å². The zero-order chi connectivity index (χ0) is 14.0. The molecule has 1 aromatic heterocycles. The van der Waals surface area contributed by atoms with Crippen LogP contribution in [0.2, 0.25) is 0 Å². The van der Waals surface area contributed by atoms with Crippen LogP contribution in [0.5, 0.6) is 0 Å². The maximum absolute atomic E-state index is 12.5. The monoisotopic (exact) mass is 264 g/mol. The van der Waals surface area contributed by atoms with Crippen molar-refractivity contribution in [1.29, 1.82) is 0 Å². The molecule has 5 nitrogen and oxygen atoms in total. The summed E-state index contributed by atoms with van der Waals surface area (Å²) in [5.41, 5.74) is 7.06. The van der Waals surface area contributed by atoms with Crippen molar-refractivity contribution in [3.63, 3.8) is 0 Å². The van der Waals surface area contributed by atoms with Crippen molar-refractivity contribution in [2.75, 3.05) is 31.9 Å². The second-order valence-electron chi connectivity index (χ2n) is 5.18. The first kappa shape index (κ1) is 13.9. The smallest absolute Gasteiger partial charge is 0.270 e. The van der Waals surface area contributed by atoms with Gasteiger partial charge in [0.1, 0.15) is 5.69 Å². The molecule has 1 atom stereocenters. The third-order valence-corrected chi connectivity index (χ3v) is 4.02. The van der Waals surface area contributed by atoms with Gasteiger partial charge in [-0.15, -0.1) is 0 Å². The number of hydrogen-bond acceptors (Lipinski definition) is 3. The molecule has 1 aromatic rings. The largest absolute Gasteiger partial charge is 0.397 e. The molecule has 106 valence electrons. The van der Waals surface area contributed by atoms with Gasteiger partial charge >= 0.3 is 0 Å². The van der Waals surface area contributed by atoms with Crippen LogP contribution in [0.4, 0.5) is 5.69 Å². The summed E-state index contributed by atoms with van der Waals surface area (Å²) in [6.45, 7) is 8.09. The van der Waals surface area contributed by atoms with Gasteiger partial charge in [-0.05, 0) is 25.6 Å². The van der Waals surface area contributed by atoms with Gasteiger partial charge in [0.2, 0.25) is 0 Å². The fourth-order valence-corrected chi connectivity index (χ4v) is 2.93. The summed E-state index contributed by atoms with van der Waals surface area (Å²) >= 11 is 0. The summed E-state index contributed by atoms with van der Waals surface area (Å²) in [6, 6.07) is 2.25. The number of rotatable bonds is 4. The number of likely N-dealkylation sites (N-methyl/N-ethyl adjacent to an activating group) is 1. The summed E-state index contributed by atoms with van der Waals surface area (Å²) in [5.74, 6) is 0.0915. The Morgan fingerprint density at radius 2 is 2.16 bits per heavy atom. The molecule has 0 aliphatic carbocycles. The van der Waals surface area contributed by atoms with Crippen LogP contribution < -0.4 is 5.73 Å². The number of nitrogens with zero attached hydrogens (tertiary/aromatic N) is 3. The van der Waals surface area contributed by atoms with E-state index < -0.39 is 0 Å². The third kappa shape index (κ3) is 2.76. The van der Waals surface area contributed by atoms with Crippen molar-refractivity contribution in [1.82, 2.24) is 14.4 Å². The van der Waals surface area contributed by atoms with Crippen molar-refractivity contribution in [2.45, 2.75) is 26.3 Å². The summed E-state index contributed by atoms with van der Waals surface area (Å²) in [7, 11) is 1.86. The van der Waals surface area contributed by atoms with Gasteiger partial charge in [0, 0.05) is 32.4 Å². The Hall–Kier alpha value is -1.49. The first-order valence-corrected chi connectivity index (χ1v) is 7.02. The molecule has 2 rings (SSSR count). The van der Waals surface area contributed by atoms with E-state index in [2.05, 4.69) is 18.7 Å². The number of carbonyl (C=O) groups excluding carboxylic acids is 1. The second-order valence-corrected chi connectivity index (χ2v) is 5.18. The van der Waals surface area contributed by atoms with Crippen LogP contribution in [0.15, 0.2) is 12.3 Å². The van der Waals surface area contributed by atoms with Gasteiger partial charge in [-0.2, -0.15) is 0 Å². The van der Waals surface area contributed by atoms with Crippen molar-refractivity contribution < 1.29 is 4.79 Å². The molecule has 2 heterocycles. The highest BCUT2D eigenvalue weighted by Gasteiger charge is 2.30. The Labute approximate surface area is 115 Å². The summed E-state index contributed by atoms with van der Waals surface area (Å²) in [5, 5.41) is 0. The van der Waals surface area contributed by atoms with E-state index in [9.17, 15) is 4.79 Å². The average molecular weight is 264 g/mol. The number of carbonyl (C=O) groups is 1. The van der Waals surface area contributed by atoms with Crippen LogP contribution in [0.1, 0.15) is 30.8 Å². The van der Waals surface area contributed by atoms with Crippen LogP contribution in [-0.2, 0) is 7.05 Å². The topological polar surface area (TPSA) is 54.5 Å². The highest BCUT2D eigenvalue weighted by Crippen LogP contribution is 2.19. The van der Waals surface area contributed by atoms with Gasteiger partial charge in [-0.3, -0.25) is 9.69 Å². The molecule has 1 amide bonds. The highest BCUT2D eigenvalue weighted by atomic mass is 16.2. The highest BCUT2D eigenvalue weighted by molar-refractivity contribution is 5.94. The fourth-order valence-electron chi connectivity index (χ4n) is 2.93. The standard InChI is InChI=1S/C14H24N4O/c1-4-17(5-2)12-6-7-18(10-12)14(19)13-8-11(15)9-16(13)3/h8-9,12H,4-7,10,15H2,1-3H3. The average Bonchev–Trinajstić information content (AvgIpc) is 2.97. The lowest BCUT2D eigenvalue weighted by Crippen LogP contribution is -2.38. The van der Waals surface area contributed by atoms with E-state index in [1.54, 1.807) is 12.3 Å². The number of aryl methyl sites for hydroxylation is 1. The van der Waals surface area contributed by atoms with E-state index in [0.29, 0.717) is 17.4 Å². The van der Waals surface area contributed by atoms with Gasteiger partial charge in [-0.1, -0.05) is 13.8 Å². The first-order chi connectivity index (χ1) is 9.06. The molecule has 19 heavy (non-hydrogen) atoms. The minimum atomic E-state index is 0.0915. The molecule has 0 bridgehead atoms. The minimum absolute atomic E-state index is 0.0915. The summed E-state index contributed by atoms with van der Waals surface area (Å²) < 4.78 is 1.81. The number of hydrogen-bond donors (Lipinski definition) is 1. The Morgan fingerprint density at radius 3 is 2.68 bits per heavy atom. The molecule has 0 saturated carbocycles. The van der Waals surface area contributed by atoms with Crippen molar-refractivity contribution in [2.24, 2.45) is 7.05 Å². The number of nitrogens with two attached hydrogens (primary N) is 1. The molecule has 0 radical (unpaired) electrons. The molecule has 1 unspecified atom stereocenters. The number of aromatic nitrogens is 1. The summed E-state index contributed by atoms with van der Waals surface area (Å²) in [4.78, 5) is 16.8. The normalized spacial score (nSPS) is 19.4. The lowest BCUT2D eigenvalue weighted by Gasteiger charge is -2.26. The van der Waals surface area contributed by atoms with Crippen molar-refractivity contribution in [3.8, 4) is 0 Å². The lowest BCUT2D eigenvalue weighted by molar-refractivity contribution is 0.0768. The SMILES string of the molecule is CCN(CC)C1CCN(C(=O)c2cc(N)cn2C)C1. The molecule has 1 aliphatic rings. The molecule has 0 spiro atoms. The fraction of sp³-hybridized carbons (Fsp3) is 0.643. The van der Waals surface area contributed by atoms with E-state index in [4.69, 9.17) is 5.73 Å². The first-order valence-electron chi connectivity index (χ1n) is 7.02. The second kappa shape index (κ2) is 5.65. The van der Waals surface area contributed by atoms with Gasteiger partial charge < -0.3 is 15.2 Å². The maximum Gasteiger partial charge on any atom is 0.270 e. The molecule has 1 aliphatic heterocycles. The van der Waals surface area contributed by atoms with Crippen molar-refractivity contribution >= 4 is 11.6 Å². The molecule has 5 heteroatoms. The predicted octanol–water partition coefficient (Wildman–Crippen LogP) is 1.16. The number of nitrogen functional groups attached to an aromatic ring is 1. The minimum Gasteiger partial charge on any atom is -0.397 e. The summed E-state index contributed by atoms with van der Waals surface area (Å²) in [6.07, 6.45) is 2.85. The quantitative estimate of drug-likeness (QED) is 0.888. The number of amides is 1. The zero-order valence-corrected chi connectivity index (χ0v) is 12.1. The molecule has 1 saturated heterocycles. The van der Waals surface area contributed by atoms with E-state index >= 15 is 0 Å². The molecular formula is C14H24N4O. The van der Waals surface area contributed by atoms with Crippen LogP contribution in [0.3, 0.4) is 0 Å². The van der Waals surface area contributed by atoms with Gasteiger partial charge in [0.15, 0.2) is 0 Å². The van der Waals surface area contributed by atoms with E-state index in [-0.39, 0.29) is 5.91 Å². The van der Waals surface area contributed by atoms with E-state index in [0.717, 1.165) is 32.6 Å². The van der Waals surface area contributed by atoms with E-state index in [1.807, 2.05) is 16.5 Å². The molecule has 1 fully saturated rings. The van der Waals surface area contributed by atoms with E-state index in [1.165, 1.54) is 0 Å². The zero-order valence-electron chi connectivity index (χ0n) is 12.1. The molecular weight excluding hydrogens is 240 g/mol. The van der Waals surface area contributed by atoms with Crippen LogP contribution in [0, 0.1) is 0 Å².